The lowest BCUT2D eigenvalue weighted by Crippen LogP contribution is -2.28. The predicted molar refractivity (Wildman–Crippen MR) is 95.1 cm³/mol. The van der Waals surface area contributed by atoms with Crippen LogP contribution < -0.4 is 5.32 Å². The number of benzene rings is 2. The van der Waals surface area contributed by atoms with E-state index in [0.29, 0.717) is 12.2 Å². The normalized spacial score (nSPS) is 20.4. The van der Waals surface area contributed by atoms with Gasteiger partial charge in [0.2, 0.25) is 5.91 Å². The fourth-order valence-corrected chi connectivity index (χ4v) is 3.38. The molecule has 1 aromatic heterocycles. The average molecular weight is 373 g/mol. The van der Waals surface area contributed by atoms with E-state index >= 15 is 0 Å². The Morgan fingerprint density at radius 2 is 1.85 bits per heavy atom. The summed E-state index contributed by atoms with van der Waals surface area (Å²) in [4.78, 5) is 12.5. The largest absolute Gasteiger partial charge is 0.459 e. The molecule has 0 bridgehead atoms. The molecule has 0 spiro atoms. The molecule has 3 atom stereocenters. The van der Waals surface area contributed by atoms with E-state index in [1.807, 2.05) is 37.3 Å². The fourth-order valence-electron chi connectivity index (χ4n) is 3.38. The molecule has 6 heteroatoms. The van der Waals surface area contributed by atoms with Gasteiger partial charge in [-0.3, -0.25) is 4.79 Å². The zero-order valence-corrected chi connectivity index (χ0v) is 14.6. The van der Waals surface area contributed by atoms with Gasteiger partial charge in [0.15, 0.2) is 0 Å². The van der Waals surface area contributed by atoms with E-state index in [-0.39, 0.29) is 23.8 Å². The van der Waals surface area contributed by atoms with Crippen LogP contribution >= 0.6 is 0 Å². The van der Waals surface area contributed by atoms with Crippen LogP contribution in [0.2, 0.25) is 0 Å². The molecule has 0 unspecified atom stereocenters. The van der Waals surface area contributed by atoms with Gasteiger partial charge in [0.05, 0.1) is 11.6 Å². The van der Waals surface area contributed by atoms with E-state index in [1.165, 1.54) is 12.1 Å². The number of alkyl halides is 3. The lowest BCUT2D eigenvalue weighted by Gasteiger charge is -2.11. The second-order valence-corrected chi connectivity index (χ2v) is 6.99. The van der Waals surface area contributed by atoms with Crippen LogP contribution in [-0.4, -0.2) is 5.91 Å². The van der Waals surface area contributed by atoms with Crippen LogP contribution in [0.1, 0.15) is 42.2 Å². The summed E-state index contributed by atoms with van der Waals surface area (Å²) in [7, 11) is 0. The number of amides is 1. The number of carbonyl (C=O) groups excluding carboxylic acids is 1. The standard InChI is InChI=1S/C21H18F3NO2/c1-12(19-10-14-4-2-3-5-18(14)27-19)25-20(26)17-11-16(17)13-6-8-15(9-7-13)21(22,23)24/h2-10,12,16-17H,11H2,1H3,(H,25,26)/t12-,16-,17-/m0/s1. The number of para-hydroxylation sites is 1. The van der Waals surface area contributed by atoms with Crippen molar-refractivity contribution in [2.75, 3.05) is 0 Å². The lowest BCUT2D eigenvalue weighted by atomic mass is 10.1. The molecule has 1 fully saturated rings. The molecule has 140 valence electrons. The molecular weight excluding hydrogens is 355 g/mol. The van der Waals surface area contributed by atoms with Gasteiger partial charge in [-0.2, -0.15) is 13.2 Å². The number of hydrogen-bond acceptors (Lipinski definition) is 2. The molecule has 1 saturated carbocycles. The Labute approximate surface area is 154 Å². The summed E-state index contributed by atoms with van der Waals surface area (Å²) in [5.74, 6) is 0.327. The number of halogens is 3. The number of carbonyl (C=O) groups is 1. The van der Waals surface area contributed by atoms with Crippen LogP contribution in [0, 0.1) is 5.92 Å². The molecule has 4 rings (SSSR count). The van der Waals surface area contributed by atoms with E-state index in [0.717, 1.165) is 28.7 Å². The third-order valence-corrected chi connectivity index (χ3v) is 5.02. The van der Waals surface area contributed by atoms with Gasteiger partial charge < -0.3 is 9.73 Å². The van der Waals surface area contributed by atoms with Crippen LogP contribution in [0.15, 0.2) is 59.0 Å². The van der Waals surface area contributed by atoms with Gasteiger partial charge >= 0.3 is 6.18 Å². The van der Waals surface area contributed by atoms with Crippen LogP contribution in [0.4, 0.5) is 13.2 Å². The monoisotopic (exact) mass is 373 g/mol. The molecule has 3 aromatic rings. The van der Waals surface area contributed by atoms with Crippen molar-refractivity contribution in [3.8, 4) is 0 Å². The Bertz CT molecular complexity index is 942. The van der Waals surface area contributed by atoms with Gasteiger partial charge in [0.25, 0.3) is 0 Å². The zero-order valence-electron chi connectivity index (χ0n) is 14.6. The number of hydrogen-bond donors (Lipinski definition) is 1. The lowest BCUT2D eigenvalue weighted by molar-refractivity contribution is -0.137. The van der Waals surface area contributed by atoms with Crippen molar-refractivity contribution in [1.82, 2.24) is 5.32 Å². The SMILES string of the molecule is C[C@H](NC(=O)[C@H]1C[C@H]1c1ccc(C(F)(F)F)cc1)c1cc2ccccc2o1. The Hall–Kier alpha value is -2.76. The summed E-state index contributed by atoms with van der Waals surface area (Å²) in [5.41, 5.74) is 0.855. The molecule has 0 aliphatic heterocycles. The minimum Gasteiger partial charge on any atom is -0.459 e. The molecular formula is C21H18F3NO2. The maximum atomic E-state index is 12.6. The predicted octanol–water partition coefficient (Wildman–Crippen LogP) is 5.43. The fraction of sp³-hybridized carbons (Fsp3) is 0.286. The molecule has 0 saturated heterocycles. The second-order valence-electron chi connectivity index (χ2n) is 6.99. The van der Waals surface area contributed by atoms with Crippen molar-refractivity contribution in [2.45, 2.75) is 31.5 Å². The molecule has 1 aliphatic rings. The van der Waals surface area contributed by atoms with Gasteiger partial charge in [-0.05, 0) is 49.1 Å². The van der Waals surface area contributed by atoms with Crippen LogP contribution in [0.3, 0.4) is 0 Å². The maximum absolute atomic E-state index is 12.6. The van der Waals surface area contributed by atoms with E-state index in [9.17, 15) is 18.0 Å². The third kappa shape index (κ3) is 3.56. The summed E-state index contributed by atoms with van der Waals surface area (Å²) < 4.78 is 43.7. The number of furan rings is 1. The minimum atomic E-state index is -4.35. The first-order valence-corrected chi connectivity index (χ1v) is 8.79. The van der Waals surface area contributed by atoms with Crippen molar-refractivity contribution < 1.29 is 22.4 Å². The van der Waals surface area contributed by atoms with Crippen LogP contribution in [0.5, 0.6) is 0 Å². The molecule has 1 N–H and O–H groups in total. The quantitative estimate of drug-likeness (QED) is 0.662. The second kappa shape index (κ2) is 6.44. The summed E-state index contributed by atoms with van der Waals surface area (Å²) in [5, 5.41) is 3.92. The highest BCUT2D eigenvalue weighted by molar-refractivity contribution is 5.83. The molecule has 2 aromatic carbocycles. The Balaban J connectivity index is 1.39. The molecule has 3 nitrogen and oxygen atoms in total. The van der Waals surface area contributed by atoms with Gasteiger partial charge in [-0.1, -0.05) is 30.3 Å². The summed E-state index contributed by atoms with van der Waals surface area (Å²) in [6, 6.07) is 14.3. The molecule has 0 radical (unpaired) electrons. The van der Waals surface area contributed by atoms with Gasteiger partial charge in [0, 0.05) is 11.3 Å². The van der Waals surface area contributed by atoms with Gasteiger partial charge in [-0.25, -0.2) is 0 Å². The third-order valence-electron chi connectivity index (χ3n) is 5.02. The molecule has 1 amide bonds. The van der Waals surface area contributed by atoms with Gasteiger partial charge in [0.1, 0.15) is 11.3 Å². The summed E-state index contributed by atoms with van der Waals surface area (Å²) >= 11 is 0. The molecule has 1 aliphatic carbocycles. The average Bonchev–Trinajstić information content (AvgIpc) is 3.32. The van der Waals surface area contributed by atoms with Gasteiger partial charge in [-0.15, -0.1) is 0 Å². The number of rotatable bonds is 4. The smallest absolute Gasteiger partial charge is 0.416 e. The van der Waals surface area contributed by atoms with Crippen molar-refractivity contribution in [3.05, 3.63) is 71.5 Å². The van der Waals surface area contributed by atoms with E-state index in [2.05, 4.69) is 5.32 Å². The molecule has 1 heterocycles. The highest BCUT2D eigenvalue weighted by atomic mass is 19.4. The van der Waals surface area contributed by atoms with Crippen molar-refractivity contribution in [1.29, 1.82) is 0 Å². The Morgan fingerprint density at radius 3 is 2.52 bits per heavy atom. The van der Waals surface area contributed by atoms with Crippen LogP contribution in [0.25, 0.3) is 11.0 Å². The highest BCUT2D eigenvalue weighted by Crippen LogP contribution is 2.48. The maximum Gasteiger partial charge on any atom is 0.416 e. The highest BCUT2D eigenvalue weighted by Gasteiger charge is 2.44. The number of fused-ring (bicyclic) bond motifs is 1. The summed E-state index contributed by atoms with van der Waals surface area (Å²) in [6.07, 6.45) is -3.70. The van der Waals surface area contributed by atoms with Crippen molar-refractivity contribution in [2.24, 2.45) is 5.92 Å². The summed E-state index contributed by atoms with van der Waals surface area (Å²) in [6.45, 7) is 1.85. The molecule has 27 heavy (non-hydrogen) atoms. The first kappa shape index (κ1) is 17.6. The Kier molecular flexibility index (Phi) is 4.21. The minimum absolute atomic E-state index is 0.0323. The zero-order chi connectivity index (χ0) is 19.2. The van der Waals surface area contributed by atoms with E-state index in [4.69, 9.17) is 4.42 Å². The number of nitrogens with one attached hydrogen (secondary N) is 1. The first-order chi connectivity index (χ1) is 12.8. The van der Waals surface area contributed by atoms with E-state index < -0.39 is 11.7 Å². The first-order valence-electron chi connectivity index (χ1n) is 8.79. The van der Waals surface area contributed by atoms with Crippen LogP contribution in [-0.2, 0) is 11.0 Å². The van der Waals surface area contributed by atoms with Crippen molar-refractivity contribution in [3.63, 3.8) is 0 Å². The van der Waals surface area contributed by atoms with E-state index in [1.54, 1.807) is 0 Å². The topological polar surface area (TPSA) is 42.2 Å². The Morgan fingerprint density at radius 1 is 1.15 bits per heavy atom. The van der Waals surface area contributed by atoms with Crippen molar-refractivity contribution >= 4 is 16.9 Å².